The number of carbonyl (C=O) groups excluding carboxylic acids is 1. The molecule has 1 aromatic rings. The van der Waals surface area contributed by atoms with E-state index >= 15 is 0 Å². The highest BCUT2D eigenvalue weighted by Crippen LogP contribution is 2.21. The van der Waals surface area contributed by atoms with Crippen LogP contribution in [0.1, 0.15) is 44.2 Å². The molecular weight excluding hydrogens is 200 g/mol. The Morgan fingerprint density at radius 3 is 2.69 bits per heavy atom. The van der Waals surface area contributed by atoms with Crippen molar-refractivity contribution in [2.45, 2.75) is 46.0 Å². The lowest BCUT2D eigenvalue weighted by molar-refractivity contribution is -0.116. The zero-order chi connectivity index (χ0) is 12.0. The first-order valence-corrected chi connectivity index (χ1v) is 5.93. The van der Waals surface area contributed by atoms with Crippen molar-refractivity contribution < 1.29 is 9.90 Å². The molecular formula is C14H20O2. The van der Waals surface area contributed by atoms with E-state index in [9.17, 15) is 9.90 Å². The predicted molar refractivity (Wildman–Crippen MR) is 65.7 cm³/mol. The van der Waals surface area contributed by atoms with Gasteiger partial charge in [0.25, 0.3) is 0 Å². The van der Waals surface area contributed by atoms with Crippen LogP contribution in [0.25, 0.3) is 0 Å². The number of aryl methyl sites for hydroxylation is 1. The van der Waals surface area contributed by atoms with E-state index in [1.54, 1.807) is 13.0 Å². The smallest absolute Gasteiger partial charge is 0.134 e. The van der Waals surface area contributed by atoms with Gasteiger partial charge in [-0.1, -0.05) is 31.9 Å². The van der Waals surface area contributed by atoms with Crippen LogP contribution in [-0.4, -0.2) is 10.9 Å². The number of hydrogen-bond acceptors (Lipinski definition) is 2. The van der Waals surface area contributed by atoms with Gasteiger partial charge in [0.1, 0.15) is 11.5 Å². The Labute approximate surface area is 97.3 Å². The molecule has 0 amide bonds. The molecule has 1 aromatic carbocycles. The molecule has 0 unspecified atom stereocenters. The highest BCUT2D eigenvalue weighted by atomic mass is 16.3. The highest BCUT2D eigenvalue weighted by molar-refractivity contribution is 5.78. The minimum absolute atomic E-state index is 0.158. The standard InChI is InChI=1S/C14H20O2/c1-3-4-5-6-13-10-12(9-11(2)15)7-8-14(13)16/h7-8,10,16H,3-6,9H2,1-2H3. The van der Waals surface area contributed by atoms with Crippen molar-refractivity contribution in [3.63, 3.8) is 0 Å². The molecule has 2 heteroatoms. The maximum atomic E-state index is 11.0. The second-order valence-corrected chi connectivity index (χ2v) is 4.30. The summed E-state index contributed by atoms with van der Waals surface area (Å²) >= 11 is 0. The molecule has 0 aliphatic rings. The number of hydrogen-bond donors (Lipinski definition) is 1. The second-order valence-electron chi connectivity index (χ2n) is 4.30. The minimum Gasteiger partial charge on any atom is -0.508 e. The Kier molecular flexibility index (Phi) is 5.03. The molecule has 0 fully saturated rings. The molecule has 88 valence electrons. The lowest BCUT2D eigenvalue weighted by Gasteiger charge is -2.06. The zero-order valence-electron chi connectivity index (χ0n) is 10.1. The fourth-order valence-electron chi connectivity index (χ4n) is 1.80. The van der Waals surface area contributed by atoms with E-state index in [4.69, 9.17) is 0 Å². The van der Waals surface area contributed by atoms with E-state index in [1.165, 1.54) is 12.8 Å². The molecule has 0 saturated heterocycles. The second kappa shape index (κ2) is 6.31. The number of phenols is 1. The van der Waals surface area contributed by atoms with Crippen molar-refractivity contribution in [3.05, 3.63) is 29.3 Å². The largest absolute Gasteiger partial charge is 0.508 e. The number of ketones is 1. The van der Waals surface area contributed by atoms with Crippen molar-refractivity contribution in [3.8, 4) is 5.75 Å². The average Bonchev–Trinajstić information content (AvgIpc) is 2.22. The van der Waals surface area contributed by atoms with Gasteiger partial charge in [-0.3, -0.25) is 4.79 Å². The predicted octanol–water partition coefficient (Wildman–Crippen LogP) is 3.26. The molecule has 0 radical (unpaired) electrons. The van der Waals surface area contributed by atoms with Gasteiger partial charge in [0.15, 0.2) is 0 Å². The van der Waals surface area contributed by atoms with E-state index in [1.807, 2.05) is 12.1 Å². The third-order valence-electron chi connectivity index (χ3n) is 2.65. The van der Waals surface area contributed by atoms with Gasteiger partial charge in [-0.05, 0) is 37.0 Å². The fourth-order valence-corrected chi connectivity index (χ4v) is 1.80. The quantitative estimate of drug-likeness (QED) is 0.747. The molecule has 0 atom stereocenters. The third-order valence-corrected chi connectivity index (χ3v) is 2.65. The normalized spacial score (nSPS) is 10.4. The van der Waals surface area contributed by atoms with E-state index < -0.39 is 0 Å². The first kappa shape index (κ1) is 12.8. The van der Waals surface area contributed by atoms with Crippen molar-refractivity contribution in [1.82, 2.24) is 0 Å². The Morgan fingerprint density at radius 2 is 2.06 bits per heavy atom. The summed E-state index contributed by atoms with van der Waals surface area (Å²) < 4.78 is 0. The summed E-state index contributed by atoms with van der Waals surface area (Å²) in [6.45, 7) is 3.75. The van der Waals surface area contributed by atoms with Gasteiger partial charge in [0.05, 0.1) is 0 Å². The minimum atomic E-state index is 0.158. The molecule has 0 aliphatic carbocycles. The first-order valence-electron chi connectivity index (χ1n) is 5.93. The van der Waals surface area contributed by atoms with Gasteiger partial charge in [-0.25, -0.2) is 0 Å². The molecule has 0 spiro atoms. The summed E-state index contributed by atoms with van der Waals surface area (Å²) in [6, 6.07) is 5.46. The van der Waals surface area contributed by atoms with Gasteiger partial charge in [0, 0.05) is 6.42 Å². The van der Waals surface area contributed by atoms with Gasteiger partial charge >= 0.3 is 0 Å². The number of aromatic hydroxyl groups is 1. The van der Waals surface area contributed by atoms with Crippen molar-refractivity contribution in [1.29, 1.82) is 0 Å². The lowest BCUT2D eigenvalue weighted by Crippen LogP contribution is -1.97. The van der Waals surface area contributed by atoms with Crippen molar-refractivity contribution >= 4 is 5.78 Å². The number of benzene rings is 1. The maximum Gasteiger partial charge on any atom is 0.134 e. The Morgan fingerprint density at radius 1 is 1.31 bits per heavy atom. The van der Waals surface area contributed by atoms with E-state index in [0.717, 1.165) is 24.0 Å². The summed E-state index contributed by atoms with van der Waals surface area (Å²) in [5.41, 5.74) is 1.96. The number of Topliss-reactive ketones (excluding diaryl/α,β-unsaturated/α-hetero) is 1. The van der Waals surface area contributed by atoms with Crippen LogP contribution in [0.2, 0.25) is 0 Å². The number of phenolic OH excluding ortho intramolecular Hbond substituents is 1. The van der Waals surface area contributed by atoms with Crippen LogP contribution in [0.4, 0.5) is 0 Å². The van der Waals surface area contributed by atoms with Crippen LogP contribution >= 0.6 is 0 Å². The molecule has 0 heterocycles. The van der Waals surface area contributed by atoms with Gasteiger partial charge < -0.3 is 5.11 Å². The summed E-state index contributed by atoms with van der Waals surface area (Å²) in [5, 5.41) is 9.68. The first-order chi connectivity index (χ1) is 7.63. The molecule has 2 nitrogen and oxygen atoms in total. The van der Waals surface area contributed by atoms with Gasteiger partial charge in [0.2, 0.25) is 0 Å². The monoisotopic (exact) mass is 220 g/mol. The van der Waals surface area contributed by atoms with Crippen LogP contribution in [0.3, 0.4) is 0 Å². The average molecular weight is 220 g/mol. The van der Waals surface area contributed by atoms with Crippen LogP contribution < -0.4 is 0 Å². The number of rotatable bonds is 6. The van der Waals surface area contributed by atoms with Crippen LogP contribution in [-0.2, 0) is 17.6 Å². The van der Waals surface area contributed by atoms with Crippen LogP contribution in [0.15, 0.2) is 18.2 Å². The van der Waals surface area contributed by atoms with Gasteiger partial charge in [-0.2, -0.15) is 0 Å². The zero-order valence-corrected chi connectivity index (χ0v) is 10.1. The van der Waals surface area contributed by atoms with Crippen LogP contribution in [0, 0.1) is 0 Å². The summed E-state index contributed by atoms with van der Waals surface area (Å²) in [6.07, 6.45) is 4.80. The molecule has 0 saturated carbocycles. The summed E-state index contributed by atoms with van der Waals surface area (Å²) in [7, 11) is 0. The molecule has 1 rings (SSSR count). The molecule has 1 N–H and O–H groups in total. The molecule has 0 aromatic heterocycles. The maximum absolute atomic E-state index is 11.0. The number of unbranched alkanes of at least 4 members (excludes halogenated alkanes) is 2. The van der Waals surface area contributed by atoms with Crippen LogP contribution in [0.5, 0.6) is 5.75 Å². The highest BCUT2D eigenvalue weighted by Gasteiger charge is 2.04. The van der Waals surface area contributed by atoms with Crippen molar-refractivity contribution in [2.75, 3.05) is 0 Å². The topological polar surface area (TPSA) is 37.3 Å². The van der Waals surface area contributed by atoms with Gasteiger partial charge in [-0.15, -0.1) is 0 Å². The fraction of sp³-hybridized carbons (Fsp3) is 0.500. The molecule has 16 heavy (non-hydrogen) atoms. The van der Waals surface area contributed by atoms with E-state index in [-0.39, 0.29) is 5.78 Å². The Hall–Kier alpha value is -1.31. The summed E-state index contributed by atoms with van der Waals surface area (Å²) in [5.74, 6) is 0.508. The molecule has 0 bridgehead atoms. The Bertz CT molecular complexity index is 356. The SMILES string of the molecule is CCCCCc1cc(CC(C)=O)ccc1O. The number of carbonyl (C=O) groups is 1. The van der Waals surface area contributed by atoms with Crippen molar-refractivity contribution in [2.24, 2.45) is 0 Å². The Balaban J connectivity index is 2.70. The van der Waals surface area contributed by atoms with E-state index in [0.29, 0.717) is 12.2 Å². The molecule has 0 aliphatic heterocycles. The lowest BCUT2D eigenvalue weighted by atomic mass is 10.0. The van der Waals surface area contributed by atoms with E-state index in [2.05, 4.69) is 6.92 Å². The third kappa shape index (κ3) is 4.05. The summed E-state index contributed by atoms with van der Waals surface area (Å²) in [4.78, 5) is 11.0.